The lowest BCUT2D eigenvalue weighted by Gasteiger charge is -2.36. The van der Waals surface area contributed by atoms with Crippen molar-refractivity contribution in [2.24, 2.45) is 0 Å². The molecule has 0 saturated heterocycles. The molecule has 0 radical (unpaired) electrons. The van der Waals surface area contributed by atoms with Crippen molar-refractivity contribution in [3.8, 4) is 16.9 Å². The molecule has 0 N–H and O–H groups in total. The number of rotatable bonds is 6. The van der Waals surface area contributed by atoms with E-state index >= 15 is 0 Å². The Kier molecular flexibility index (Phi) is 6.42. The predicted octanol–water partition coefficient (Wildman–Crippen LogP) is 10.2. The summed E-state index contributed by atoms with van der Waals surface area (Å²) in [6.45, 7) is 0. The van der Waals surface area contributed by atoms with Crippen LogP contribution in [0.4, 0.5) is 17.1 Å². The molecule has 0 spiro atoms. The Morgan fingerprint density at radius 3 is 1.44 bits per heavy atom. The van der Waals surface area contributed by atoms with E-state index in [4.69, 9.17) is 4.74 Å². The average molecular weight is 528 g/mol. The maximum Gasteiger partial charge on any atom is 0.178 e. The van der Waals surface area contributed by atoms with E-state index in [1.54, 1.807) is 0 Å². The van der Waals surface area contributed by atoms with Gasteiger partial charge in [0.1, 0.15) is 5.75 Å². The summed E-state index contributed by atoms with van der Waals surface area (Å²) in [4.78, 5) is 2.28. The molecule has 7 rings (SSSR count). The minimum absolute atomic E-state index is 0.670. The van der Waals surface area contributed by atoms with E-state index in [1.165, 1.54) is 0 Å². The maximum atomic E-state index is 6.84. The van der Waals surface area contributed by atoms with Crippen molar-refractivity contribution < 1.29 is 4.74 Å². The summed E-state index contributed by atoms with van der Waals surface area (Å²) in [6.07, 6.45) is 4.38. The van der Waals surface area contributed by atoms with Crippen molar-refractivity contribution in [1.82, 2.24) is 0 Å². The van der Waals surface area contributed by atoms with Crippen LogP contribution in [0.15, 0.2) is 170 Å². The standard InChI is InChI=1S/C39H29NO/c1-5-13-33(14-6-1)39(34-15-7-2-8-16-34)28-27-32-29-31(23-26-38(32)41-39)30-21-24-37(25-22-30)40(35-17-9-3-10-18-35)36-19-11-4-12-20-36/h1-29H. The largest absolute Gasteiger partial charge is 0.473 e. The van der Waals surface area contributed by atoms with Gasteiger partial charge in [0.15, 0.2) is 5.60 Å². The number of anilines is 3. The van der Waals surface area contributed by atoms with Crippen LogP contribution in [0.1, 0.15) is 16.7 Å². The van der Waals surface area contributed by atoms with Gasteiger partial charge < -0.3 is 9.64 Å². The van der Waals surface area contributed by atoms with Gasteiger partial charge in [-0.2, -0.15) is 0 Å². The summed E-state index contributed by atoms with van der Waals surface area (Å²) in [5, 5.41) is 0. The van der Waals surface area contributed by atoms with E-state index in [1.807, 2.05) is 24.3 Å². The SMILES string of the molecule is C1=CC(c2ccccc2)(c2ccccc2)Oc2ccc(-c3ccc(N(c4ccccc4)c4ccccc4)cc3)cc21. The van der Waals surface area contributed by atoms with Crippen LogP contribution in [-0.2, 0) is 5.60 Å². The van der Waals surface area contributed by atoms with E-state index in [0.29, 0.717) is 0 Å². The molecule has 0 aliphatic carbocycles. The van der Waals surface area contributed by atoms with Crippen LogP contribution in [-0.4, -0.2) is 0 Å². The van der Waals surface area contributed by atoms with Crippen molar-refractivity contribution in [2.45, 2.75) is 5.60 Å². The number of hydrogen-bond donors (Lipinski definition) is 0. The number of para-hydroxylation sites is 2. The first-order valence-electron chi connectivity index (χ1n) is 13.9. The summed E-state index contributed by atoms with van der Waals surface area (Å²) in [5.41, 5.74) is 8.30. The maximum absolute atomic E-state index is 6.84. The third kappa shape index (κ3) is 4.70. The summed E-state index contributed by atoms with van der Waals surface area (Å²) >= 11 is 0. The molecular weight excluding hydrogens is 498 g/mol. The van der Waals surface area contributed by atoms with E-state index in [9.17, 15) is 0 Å². The highest BCUT2D eigenvalue weighted by Gasteiger charge is 2.36. The lowest BCUT2D eigenvalue weighted by Crippen LogP contribution is -2.34. The van der Waals surface area contributed by atoms with Gasteiger partial charge in [-0.1, -0.05) is 121 Å². The Balaban J connectivity index is 1.22. The lowest BCUT2D eigenvalue weighted by molar-refractivity contribution is 0.161. The van der Waals surface area contributed by atoms with Crippen LogP contribution >= 0.6 is 0 Å². The zero-order valence-corrected chi connectivity index (χ0v) is 22.6. The fraction of sp³-hybridized carbons (Fsp3) is 0.0256. The second-order valence-electron chi connectivity index (χ2n) is 10.2. The number of benzene rings is 6. The Hall–Kier alpha value is -5.34. The molecule has 1 heterocycles. The van der Waals surface area contributed by atoms with Crippen LogP contribution in [0, 0.1) is 0 Å². The molecular formula is C39H29NO. The molecule has 0 aromatic heterocycles. The van der Waals surface area contributed by atoms with Gasteiger partial charge in [0.25, 0.3) is 0 Å². The molecule has 1 aliphatic heterocycles. The Labute approximate surface area is 241 Å². The van der Waals surface area contributed by atoms with Crippen LogP contribution < -0.4 is 9.64 Å². The number of nitrogens with zero attached hydrogens (tertiary/aromatic N) is 1. The zero-order valence-electron chi connectivity index (χ0n) is 22.6. The highest BCUT2D eigenvalue weighted by Crippen LogP contribution is 2.43. The van der Waals surface area contributed by atoms with Gasteiger partial charge in [0, 0.05) is 33.8 Å². The quantitative estimate of drug-likeness (QED) is 0.214. The Morgan fingerprint density at radius 2 is 0.902 bits per heavy atom. The number of ether oxygens (including phenoxy) is 1. The van der Waals surface area contributed by atoms with Crippen LogP contribution in [0.2, 0.25) is 0 Å². The van der Waals surface area contributed by atoms with E-state index in [0.717, 1.165) is 50.6 Å². The highest BCUT2D eigenvalue weighted by atomic mass is 16.5. The second-order valence-corrected chi connectivity index (χ2v) is 10.2. The molecule has 6 aromatic carbocycles. The molecule has 0 atom stereocenters. The van der Waals surface area contributed by atoms with Crippen molar-refractivity contribution in [3.05, 3.63) is 187 Å². The zero-order chi connectivity index (χ0) is 27.5. The van der Waals surface area contributed by atoms with Gasteiger partial charge in [0.05, 0.1) is 0 Å². The minimum atomic E-state index is -0.670. The van der Waals surface area contributed by atoms with Crippen molar-refractivity contribution in [3.63, 3.8) is 0 Å². The van der Waals surface area contributed by atoms with Crippen molar-refractivity contribution >= 4 is 23.1 Å². The van der Waals surface area contributed by atoms with Crippen LogP contribution in [0.5, 0.6) is 5.75 Å². The first-order valence-corrected chi connectivity index (χ1v) is 13.9. The minimum Gasteiger partial charge on any atom is -0.473 e. The van der Waals surface area contributed by atoms with Gasteiger partial charge in [-0.25, -0.2) is 0 Å². The van der Waals surface area contributed by atoms with Gasteiger partial charge in [0.2, 0.25) is 0 Å². The van der Waals surface area contributed by atoms with Crippen LogP contribution in [0.3, 0.4) is 0 Å². The average Bonchev–Trinajstić information content (AvgIpc) is 3.06. The fourth-order valence-electron chi connectivity index (χ4n) is 5.62. The molecule has 0 saturated carbocycles. The smallest absolute Gasteiger partial charge is 0.178 e. The summed E-state index contributed by atoms with van der Waals surface area (Å²) in [7, 11) is 0. The third-order valence-electron chi connectivity index (χ3n) is 7.67. The molecule has 6 aromatic rings. The monoisotopic (exact) mass is 527 g/mol. The van der Waals surface area contributed by atoms with E-state index < -0.39 is 5.60 Å². The van der Waals surface area contributed by atoms with Gasteiger partial charge in [-0.15, -0.1) is 0 Å². The predicted molar refractivity (Wildman–Crippen MR) is 170 cm³/mol. The molecule has 0 fully saturated rings. The Bertz CT molecular complexity index is 1700. The summed E-state index contributed by atoms with van der Waals surface area (Å²) in [5.74, 6) is 0.875. The molecule has 2 nitrogen and oxygen atoms in total. The first-order chi connectivity index (χ1) is 20.3. The topological polar surface area (TPSA) is 12.5 Å². The van der Waals surface area contributed by atoms with Crippen molar-refractivity contribution in [1.29, 1.82) is 0 Å². The molecule has 0 unspecified atom stereocenters. The van der Waals surface area contributed by atoms with Crippen LogP contribution in [0.25, 0.3) is 17.2 Å². The fourth-order valence-corrected chi connectivity index (χ4v) is 5.62. The van der Waals surface area contributed by atoms with Gasteiger partial charge >= 0.3 is 0 Å². The molecule has 2 heteroatoms. The van der Waals surface area contributed by atoms with E-state index in [-0.39, 0.29) is 0 Å². The van der Waals surface area contributed by atoms with Gasteiger partial charge in [-0.3, -0.25) is 0 Å². The highest BCUT2D eigenvalue weighted by molar-refractivity contribution is 5.79. The van der Waals surface area contributed by atoms with Crippen molar-refractivity contribution in [2.75, 3.05) is 4.90 Å². The molecule has 41 heavy (non-hydrogen) atoms. The second kappa shape index (κ2) is 10.7. The van der Waals surface area contributed by atoms with E-state index in [2.05, 4.69) is 157 Å². The first kappa shape index (κ1) is 24.7. The molecule has 1 aliphatic rings. The molecule has 196 valence electrons. The summed E-state index contributed by atoms with van der Waals surface area (Å²) < 4.78 is 6.84. The molecule has 0 amide bonds. The number of hydrogen-bond acceptors (Lipinski definition) is 2. The summed E-state index contributed by atoms with van der Waals surface area (Å²) in [6, 6.07) is 57.1. The Morgan fingerprint density at radius 1 is 0.439 bits per heavy atom. The molecule has 0 bridgehead atoms. The normalized spacial score (nSPS) is 13.2. The van der Waals surface area contributed by atoms with Gasteiger partial charge in [-0.05, 0) is 65.7 Å². The third-order valence-corrected chi connectivity index (χ3v) is 7.67. The number of fused-ring (bicyclic) bond motifs is 1. The lowest BCUT2D eigenvalue weighted by atomic mass is 9.83.